The van der Waals surface area contributed by atoms with Gasteiger partial charge in [-0.1, -0.05) is 18.2 Å². The van der Waals surface area contributed by atoms with E-state index in [0.717, 1.165) is 0 Å². The van der Waals surface area contributed by atoms with Crippen LogP contribution >= 0.6 is 0 Å². The summed E-state index contributed by atoms with van der Waals surface area (Å²) in [5.74, 6) is 1.52. The summed E-state index contributed by atoms with van der Waals surface area (Å²) in [6.45, 7) is 0. The average molecular weight is 322 g/mol. The van der Waals surface area contributed by atoms with Crippen LogP contribution in [0.1, 0.15) is 12.1 Å². The number of benzene rings is 1. The van der Waals surface area contributed by atoms with Crippen molar-refractivity contribution in [2.45, 2.75) is 12.1 Å². The molecule has 3 heterocycles. The minimum Gasteiger partial charge on any atom is -0.369 e. The highest BCUT2D eigenvalue weighted by Crippen LogP contribution is 2.96. The number of para-hydroxylation sites is 1. The van der Waals surface area contributed by atoms with Crippen LogP contribution in [0.4, 0.5) is 0 Å². The molecular weight excluding hydrogens is 308 g/mol. The molecule has 0 spiro atoms. The molecule has 4 fully saturated rings. The molecule has 2 aromatic rings. The van der Waals surface area contributed by atoms with E-state index < -0.39 is 5.41 Å². The Balaban J connectivity index is 1.56. The Labute approximate surface area is 135 Å². The number of hydrogen-bond donors (Lipinski definition) is 1. The van der Waals surface area contributed by atoms with Gasteiger partial charge in [0.25, 0.3) is 0 Å². The number of hydrogen-bond acceptors (Lipinski definition) is 3. The lowest BCUT2D eigenvalue weighted by molar-refractivity contribution is -0.129. The first kappa shape index (κ1) is 11.9. The van der Waals surface area contributed by atoms with E-state index in [4.69, 9.17) is 5.73 Å². The third-order valence-corrected chi connectivity index (χ3v) is 7.60. The van der Waals surface area contributed by atoms with Gasteiger partial charge in [-0.25, -0.2) is 23.5 Å². The summed E-state index contributed by atoms with van der Waals surface area (Å²) in [7, 11) is 0. The number of amides is 1. The molecule has 0 saturated heterocycles. The van der Waals surface area contributed by atoms with Gasteiger partial charge in [0.1, 0.15) is 0 Å². The van der Waals surface area contributed by atoms with Gasteiger partial charge >= 0.3 is 11.4 Å². The van der Waals surface area contributed by atoms with Crippen LogP contribution in [-0.2, 0) is 4.79 Å². The highest BCUT2D eigenvalue weighted by molar-refractivity contribution is 5.89. The fourth-order valence-electron chi connectivity index (χ4n) is 7.16. The van der Waals surface area contributed by atoms with Crippen molar-refractivity contribution in [1.29, 1.82) is 0 Å². The Bertz CT molecular complexity index is 1100. The van der Waals surface area contributed by atoms with Gasteiger partial charge in [-0.2, -0.15) is 0 Å². The molecule has 7 nitrogen and oxygen atoms in total. The molecule has 2 bridgehead atoms. The molecule has 4 aliphatic carbocycles. The highest BCUT2D eigenvalue weighted by Gasteiger charge is 2.99. The molecular formula is C17H14N4O3. The number of aromatic nitrogens is 3. The molecule has 1 aromatic carbocycles. The molecule has 8 rings (SSSR count). The summed E-state index contributed by atoms with van der Waals surface area (Å²) in [5, 5.41) is 0. The van der Waals surface area contributed by atoms with E-state index in [0.29, 0.717) is 29.4 Å². The second-order valence-electron chi connectivity index (χ2n) is 7.94. The lowest BCUT2D eigenvalue weighted by Gasteiger charge is -2.41. The average Bonchev–Trinajstić information content (AvgIpc) is 3.37. The molecule has 7 heteroatoms. The van der Waals surface area contributed by atoms with Crippen molar-refractivity contribution < 1.29 is 4.79 Å². The van der Waals surface area contributed by atoms with Crippen LogP contribution in [0, 0.1) is 35.0 Å². The summed E-state index contributed by atoms with van der Waals surface area (Å²) in [4.78, 5) is 38.4. The minimum atomic E-state index is -0.562. The Morgan fingerprint density at radius 3 is 2.38 bits per heavy atom. The Kier molecular flexibility index (Phi) is 1.50. The summed E-state index contributed by atoms with van der Waals surface area (Å²) >= 11 is 0. The zero-order chi connectivity index (χ0) is 16.1. The SMILES string of the molecule is NC(=O)[C@]12[C@@H]3[C@@H]4[C@@H]5[C@H]4[C@H]1n1c(=O)n(-c4ccccc4)c(=O)n1[C@H]5[C@@H]32. The molecule has 0 radical (unpaired) electrons. The standard InChI is InChI=1S/C17H14N4O3/c18-14(22)17-10-7-8-9(7)13(17)21-16(24)19(6-4-2-1-3-5-6)15(23)20(21)12(8)11(10)17/h1-5,7-13H,(H2,18,22)/t7-,8-,9+,10-,11-,12-,13-,17+/m1/s1. The number of carbonyl (C=O) groups excluding carboxylic acids is 1. The third-order valence-electron chi connectivity index (χ3n) is 7.60. The van der Waals surface area contributed by atoms with Gasteiger partial charge in [-0.15, -0.1) is 0 Å². The number of rotatable bonds is 2. The molecule has 1 aromatic heterocycles. The normalized spacial score (nSPS) is 46.8. The van der Waals surface area contributed by atoms with Crippen molar-refractivity contribution in [3.05, 3.63) is 51.3 Å². The molecule has 0 unspecified atom stereocenters. The van der Waals surface area contributed by atoms with Crippen LogP contribution < -0.4 is 17.1 Å². The van der Waals surface area contributed by atoms with Gasteiger partial charge in [0.2, 0.25) is 5.91 Å². The van der Waals surface area contributed by atoms with Gasteiger partial charge in [-0.3, -0.25) is 4.79 Å². The van der Waals surface area contributed by atoms with E-state index in [-0.39, 0.29) is 35.3 Å². The van der Waals surface area contributed by atoms with Crippen molar-refractivity contribution in [2.75, 3.05) is 0 Å². The van der Waals surface area contributed by atoms with Crippen molar-refractivity contribution >= 4 is 5.91 Å². The van der Waals surface area contributed by atoms with Crippen molar-refractivity contribution in [2.24, 2.45) is 40.7 Å². The van der Waals surface area contributed by atoms with Crippen LogP contribution in [0.2, 0.25) is 0 Å². The molecule has 1 amide bonds. The Morgan fingerprint density at radius 2 is 1.67 bits per heavy atom. The number of nitrogens with zero attached hydrogens (tertiary/aromatic N) is 3. The first-order valence-electron chi connectivity index (χ1n) is 8.43. The van der Waals surface area contributed by atoms with Gasteiger partial charge < -0.3 is 5.73 Å². The van der Waals surface area contributed by atoms with Crippen molar-refractivity contribution in [1.82, 2.24) is 13.9 Å². The van der Waals surface area contributed by atoms with Gasteiger partial charge in [-0.05, 0) is 35.8 Å². The molecule has 24 heavy (non-hydrogen) atoms. The Hall–Kier alpha value is -2.57. The van der Waals surface area contributed by atoms with E-state index in [1.165, 1.54) is 4.57 Å². The molecule has 4 saturated carbocycles. The molecule has 2 aliphatic heterocycles. The zero-order valence-corrected chi connectivity index (χ0v) is 12.6. The first-order chi connectivity index (χ1) is 11.6. The van der Waals surface area contributed by atoms with Crippen LogP contribution in [0.25, 0.3) is 5.69 Å². The Morgan fingerprint density at radius 1 is 0.958 bits per heavy atom. The maximum atomic E-state index is 13.1. The van der Waals surface area contributed by atoms with Crippen LogP contribution in [0.3, 0.4) is 0 Å². The van der Waals surface area contributed by atoms with Crippen LogP contribution in [-0.4, -0.2) is 19.8 Å². The summed E-state index contributed by atoms with van der Waals surface area (Å²) < 4.78 is 4.47. The second kappa shape index (κ2) is 3.03. The number of nitrogens with two attached hydrogens (primary N) is 1. The number of primary amides is 1. The van der Waals surface area contributed by atoms with Crippen LogP contribution in [0.15, 0.2) is 39.9 Å². The largest absolute Gasteiger partial charge is 0.369 e. The fourth-order valence-corrected chi connectivity index (χ4v) is 7.16. The van der Waals surface area contributed by atoms with Crippen LogP contribution in [0.5, 0.6) is 0 Å². The van der Waals surface area contributed by atoms with E-state index in [2.05, 4.69) is 0 Å². The molecule has 2 N–H and O–H groups in total. The summed E-state index contributed by atoms with van der Waals surface area (Å²) in [6, 6.07) is 8.74. The lowest BCUT2D eigenvalue weighted by Crippen LogP contribution is -2.52. The maximum Gasteiger partial charge on any atom is 0.352 e. The quantitative estimate of drug-likeness (QED) is 0.808. The van der Waals surface area contributed by atoms with Crippen molar-refractivity contribution in [3.63, 3.8) is 0 Å². The predicted octanol–water partition coefficient (Wildman–Crippen LogP) is -0.496. The lowest BCUT2D eigenvalue weighted by atomic mass is 9.78. The maximum absolute atomic E-state index is 13.1. The van der Waals surface area contributed by atoms with E-state index in [1.54, 1.807) is 33.6 Å². The summed E-state index contributed by atoms with van der Waals surface area (Å²) in [6.07, 6.45) is 0. The predicted molar refractivity (Wildman–Crippen MR) is 81.4 cm³/mol. The van der Waals surface area contributed by atoms with E-state index in [1.807, 2.05) is 6.07 Å². The summed E-state index contributed by atoms with van der Waals surface area (Å²) in [5.41, 5.74) is 5.17. The zero-order valence-electron chi connectivity index (χ0n) is 12.6. The molecule has 6 aliphatic rings. The number of carbonyl (C=O) groups is 1. The van der Waals surface area contributed by atoms with Gasteiger partial charge in [0.15, 0.2) is 0 Å². The molecule has 8 atom stereocenters. The van der Waals surface area contributed by atoms with Gasteiger partial charge in [0, 0.05) is 5.92 Å². The highest BCUT2D eigenvalue weighted by atomic mass is 16.2. The minimum absolute atomic E-state index is 0.0207. The van der Waals surface area contributed by atoms with Gasteiger partial charge in [0.05, 0.1) is 23.2 Å². The second-order valence-corrected chi connectivity index (χ2v) is 7.94. The van der Waals surface area contributed by atoms with E-state index >= 15 is 0 Å². The third kappa shape index (κ3) is 0.825. The smallest absolute Gasteiger partial charge is 0.352 e. The van der Waals surface area contributed by atoms with E-state index in [9.17, 15) is 14.4 Å². The first-order valence-corrected chi connectivity index (χ1v) is 8.43. The molecule has 120 valence electrons. The monoisotopic (exact) mass is 322 g/mol. The van der Waals surface area contributed by atoms with Crippen molar-refractivity contribution in [3.8, 4) is 5.69 Å². The topological polar surface area (TPSA) is 92.0 Å². The fraction of sp³-hybridized carbons (Fsp3) is 0.471.